The molecule has 106 valence electrons. The summed E-state index contributed by atoms with van der Waals surface area (Å²) in [4.78, 5) is 7.51. The molecule has 1 aromatic heterocycles. The third kappa shape index (κ3) is 4.14. The summed E-state index contributed by atoms with van der Waals surface area (Å²) in [5.41, 5.74) is 5.35. The second-order valence-corrected chi connectivity index (χ2v) is 6.65. The highest BCUT2D eigenvalue weighted by Gasteiger charge is 2.21. The van der Waals surface area contributed by atoms with Crippen LogP contribution in [0.5, 0.6) is 0 Å². The molecule has 7 heteroatoms. The molecule has 0 amide bonds. The van der Waals surface area contributed by atoms with E-state index in [0.29, 0.717) is 0 Å². The van der Waals surface area contributed by atoms with Gasteiger partial charge in [-0.1, -0.05) is 32.1 Å². The molecule has 6 nitrogen and oxygen atoms in total. The number of aromatic nitrogens is 2. The van der Waals surface area contributed by atoms with E-state index in [1.54, 1.807) is 0 Å². The Labute approximate surface area is 113 Å². The molecule has 1 saturated carbocycles. The summed E-state index contributed by atoms with van der Waals surface area (Å²) in [6, 6.07) is 0.0165. The molecule has 19 heavy (non-hydrogen) atoms. The van der Waals surface area contributed by atoms with Gasteiger partial charge in [-0.2, -0.15) is 0 Å². The quantitative estimate of drug-likeness (QED) is 0.875. The van der Waals surface area contributed by atoms with Crippen LogP contribution in [0.2, 0.25) is 0 Å². The van der Waals surface area contributed by atoms with Crippen molar-refractivity contribution in [3.8, 4) is 0 Å². The van der Waals surface area contributed by atoms with Crippen LogP contribution < -0.4 is 10.5 Å². The fourth-order valence-electron chi connectivity index (χ4n) is 2.33. The van der Waals surface area contributed by atoms with Gasteiger partial charge in [0.05, 0.1) is 12.4 Å². The van der Waals surface area contributed by atoms with E-state index >= 15 is 0 Å². The van der Waals surface area contributed by atoms with Gasteiger partial charge in [0.1, 0.15) is 4.90 Å². The molecule has 1 aliphatic carbocycles. The number of sulfonamides is 1. The second kappa shape index (κ2) is 6.29. The van der Waals surface area contributed by atoms with Gasteiger partial charge in [-0.05, 0) is 12.8 Å². The maximum absolute atomic E-state index is 12.2. The predicted octanol–water partition coefficient (Wildman–Crippen LogP) is 1.45. The Morgan fingerprint density at radius 1 is 1.05 bits per heavy atom. The number of hydrogen-bond donors (Lipinski definition) is 2. The predicted molar refractivity (Wildman–Crippen MR) is 72.9 cm³/mol. The number of nitrogen functional groups attached to an aromatic ring is 1. The summed E-state index contributed by atoms with van der Waals surface area (Å²) < 4.78 is 27.1. The molecular weight excluding hydrogens is 264 g/mol. The molecule has 1 heterocycles. The molecule has 0 aromatic carbocycles. The van der Waals surface area contributed by atoms with Gasteiger partial charge in [0.25, 0.3) is 0 Å². The lowest BCUT2D eigenvalue weighted by Gasteiger charge is -2.20. The molecule has 0 bridgehead atoms. The Bertz CT molecular complexity index is 493. The zero-order valence-electron chi connectivity index (χ0n) is 10.9. The fraction of sp³-hybridized carbons (Fsp3) is 0.667. The fourth-order valence-corrected chi connectivity index (χ4v) is 3.52. The molecule has 2 rings (SSSR count). The normalized spacial score (nSPS) is 18.7. The highest BCUT2D eigenvalue weighted by Crippen LogP contribution is 2.19. The Hall–Kier alpha value is -1.21. The van der Waals surface area contributed by atoms with E-state index in [4.69, 9.17) is 5.73 Å². The van der Waals surface area contributed by atoms with Gasteiger partial charge in [0.15, 0.2) is 0 Å². The van der Waals surface area contributed by atoms with Gasteiger partial charge in [0.2, 0.25) is 16.0 Å². The number of rotatable bonds is 3. The Balaban J connectivity index is 2.05. The van der Waals surface area contributed by atoms with Crippen molar-refractivity contribution in [2.24, 2.45) is 0 Å². The first-order valence-corrected chi connectivity index (χ1v) is 8.16. The average Bonchev–Trinajstić information content (AvgIpc) is 2.33. The number of hydrogen-bond acceptors (Lipinski definition) is 5. The van der Waals surface area contributed by atoms with Gasteiger partial charge in [-0.3, -0.25) is 0 Å². The van der Waals surface area contributed by atoms with Crippen molar-refractivity contribution in [3.05, 3.63) is 12.4 Å². The summed E-state index contributed by atoms with van der Waals surface area (Å²) in [5.74, 6) is 0.0740. The second-order valence-electron chi connectivity index (χ2n) is 4.94. The first-order chi connectivity index (χ1) is 9.08. The van der Waals surface area contributed by atoms with E-state index in [1.807, 2.05) is 0 Å². The van der Waals surface area contributed by atoms with Crippen LogP contribution in [0.1, 0.15) is 44.9 Å². The topological polar surface area (TPSA) is 98.0 Å². The minimum Gasteiger partial charge on any atom is -0.368 e. The van der Waals surface area contributed by atoms with E-state index in [0.717, 1.165) is 25.7 Å². The minimum absolute atomic E-state index is 0.0165. The molecule has 1 aromatic rings. The largest absolute Gasteiger partial charge is 0.368 e. The van der Waals surface area contributed by atoms with Crippen molar-refractivity contribution in [1.29, 1.82) is 0 Å². The van der Waals surface area contributed by atoms with Crippen LogP contribution in [0.4, 0.5) is 5.95 Å². The Morgan fingerprint density at radius 3 is 2.16 bits per heavy atom. The maximum atomic E-state index is 12.2. The average molecular weight is 284 g/mol. The molecule has 1 fully saturated rings. The molecule has 0 unspecified atom stereocenters. The van der Waals surface area contributed by atoms with Crippen LogP contribution in [0.25, 0.3) is 0 Å². The van der Waals surface area contributed by atoms with E-state index in [9.17, 15) is 8.42 Å². The smallest absolute Gasteiger partial charge is 0.243 e. The number of nitrogens with one attached hydrogen (secondary N) is 1. The highest BCUT2D eigenvalue weighted by atomic mass is 32.2. The van der Waals surface area contributed by atoms with Crippen molar-refractivity contribution < 1.29 is 8.42 Å². The third-order valence-electron chi connectivity index (χ3n) is 3.39. The Morgan fingerprint density at radius 2 is 1.58 bits per heavy atom. The van der Waals surface area contributed by atoms with Crippen molar-refractivity contribution in [2.45, 2.75) is 55.9 Å². The molecular formula is C12H20N4O2S. The molecule has 0 atom stereocenters. The van der Waals surface area contributed by atoms with Crippen molar-refractivity contribution in [1.82, 2.24) is 14.7 Å². The lowest BCUT2D eigenvalue weighted by molar-refractivity contribution is 0.426. The van der Waals surface area contributed by atoms with Gasteiger partial charge >= 0.3 is 0 Å². The third-order valence-corrected chi connectivity index (χ3v) is 4.86. The summed E-state index contributed by atoms with van der Waals surface area (Å²) >= 11 is 0. The van der Waals surface area contributed by atoms with E-state index in [2.05, 4.69) is 14.7 Å². The number of anilines is 1. The van der Waals surface area contributed by atoms with Crippen LogP contribution >= 0.6 is 0 Å². The molecule has 0 aliphatic heterocycles. The molecule has 0 radical (unpaired) electrons. The molecule has 3 N–H and O–H groups in total. The van der Waals surface area contributed by atoms with E-state index < -0.39 is 10.0 Å². The zero-order chi connectivity index (χ0) is 13.7. The number of nitrogens with zero attached hydrogens (tertiary/aromatic N) is 2. The zero-order valence-corrected chi connectivity index (χ0v) is 11.7. The van der Waals surface area contributed by atoms with Crippen LogP contribution in [-0.2, 0) is 10.0 Å². The van der Waals surface area contributed by atoms with Crippen LogP contribution in [-0.4, -0.2) is 24.4 Å². The maximum Gasteiger partial charge on any atom is 0.243 e. The highest BCUT2D eigenvalue weighted by molar-refractivity contribution is 7.89. The van der Waals surface area contributed by atoms with Gasteiger partial charge in [-0.25, -0.2) is 23.1 Å². The standard InChI is InChI=1S/C12H20N4O2S/c13-12-14-8-11(9-15-12)19(17,18)16-10-6-4-2-1-3-5-7-10/h8-10,16H,1-7H2,(H2,13,14,15). The van der Waals surface area contributed by atoms with Gasteiger partial charge < -0.3 is 5.73 Å². The molecule has 0 spiro atoms. The van der Waals surface area contributed by atoms with Crippen LogP contribution in [0, 0.1) is 0 Å². The lowest BCUT2D eigenvalue weighted by atomic mass is 9.97. The Kier molecular flexibility index (Phi) is 4.71. The van der Waals surface area contributed by atoms with Crippen molar-refractivity contribution in [2.75, 3.05) is 5.73 Å². The van der Waals surface area contributed by atoms with Gasteiger partial charge in [-0.15, -0.1) is 0 Å². The summed E-state index contributed by atoms with van der Waals surface area (Å²) in [6.45, 7) is 0. The van der Waals surface area contributed by atoms with Gasteiger partial charge in [0, 0.05) is 6.04 Å². The molecule has 0 saturated heterocycles. The van der Waals surface area contributed by atoms with Crippen molar-refractivity contribution in [3.63, 3.8) is 0 Å². The number of nitrogens with two attached hydrogens (primary N) is 1. The van der Waals surface area contributed by atoms with Crippen LogP contribution in [0.3, 0.4) is 0 Å². The van der Waals surface area contributed by atoms with Crippen molar-refractivity contribution >= 4 is 16.0 Å². The van der Waals surface area contributed by atoms with Crippen LogP contribution in [0.15, 0.2) is 17.3 Å². The SMILES string of the molecule is Nc1ncc(S(=O)(=O)NC2CCCCCCC2)cn1. The minimum atomic E-state index is -3.54. The summed E-state index contributed by atoms with van der Waals surface area (Å²) in [7, 11) is -3.54. The summed E-state index contributed by atoms with van der Waals surface area (Å²) in [5, 5.41) is 0. The molecule has 1 aliphatic rings. The van der Waals surface area contributed by atoms with E-state index in [1.165, 1.54) is 31.7 Å². The summed E-state index contributed by atoms with van der Waals surface area (Å²) in [6.07, 6.45) is 10.1. The van der Waals surface area contributed by atoms with E-state index in [-0.39, 0.29) is 16.9 Å². The monoisotopic (exact) mass is 284 g/mol. The first kappa shape index (κ1) is 14.2. The first-order valence-electron chi connectivity index (χ1n) is 6.68. The lowest BCUT2D eigenvalue weighted by Crippen LogP contribution is -2.35.